The first kappa shape index (κ1) is 17.9. The number of amides is 1. The van der Waals surface area contributed by atoms with Crippen LogP contribution < -0.4 is 10.2 Å². The van der Waals surface area contributed by atoms with Crippen molar-refractivity contribution in [3.05, 3.63) is 71.8 Å². The van der Waals surface area contributed by atoms with Crippen LogP contribution in [0, 0.1) is 0 Å². The van der Waals surface area contributed by atoms with Crippen LogP contribution in [-0.4, -0.2) is 38.6 Å². The second kappa shape index (κ2) is 8.45. The van der Waals surface area contributed by atoms with Gasteiger partial charge in [0, 0.05) is 6.42 Å². The van der Waals surface area contributed by atoms with Crippen LogP contribution in [0.1, 0.15) is 22.3 Å². The van der Waals surface area contributed by atoms with Crippen LogP contribution in [0.4, 0.5) is 5.69 Å². The first-order valence-electron chi connectivity index (χ1n) is 8.72. The van der Waals surface area contributed by atoms with Crippen LogP contribution in [0.2, 0.25) is 0 Å². The molecule has 134 valence electrons. The zero-order valence-corrected chi connectivity index (χ0v) is 14.8. The third-order valence-corrected chi connectivity index (χ3v) is 4.55. The number of ether oxygens (including phenoxy) is 1. The minimum Gasteiger partial charge on any atom is -0.465 e. The fraction of sp³-hybridized carbons (Fsp3) is 0.238. The van der Waals surface area contributed by atoms with Crippen LogP contribution in [0.5, 0.6) is 0 Å². The molecule has 1 unspecified atom stereocenters. The Labute approximate surface area is 153 Å². The van der Waals surface area contributed by atoms with Crippen molar-refractivity contribution in [3.8, 4) is 0 Å². The van der Waals surface area contributed by atoms with Gasteiger partial charge in [-0.15, -0.1) is 0 Å². The van der Waals surface area contributed by atoms with Gasteiger partial charge in [0.1, 0.15) is 0 Å². The molecule has 1 aliphatic rings. The Morgan fingerprint density at radius 3 is 2.50 bits per heavy atom. The van der Waals surface area contributed by atoms with E-state index in [0.29, 0.717) is 17.8 Å². The average molecular weight is 351 g/mol. The number of methoxy groups -OCH3 is 1. The minimum absolute atomic E-state index is 0.104. The van der Waals surface area contributed by atoms with Crippen molar-refractivity contribution in [2.24, 2.45) is 0 Å². The molecule has 1 atom stereocenters. The molecule has 5 nitrogen and oxygen atoms in total. The van der Waals surface area contributed by atoms with Gasteiger partial charge in [-0.2, -0.15) is 0 Å². The molecule has 0 radical (unpaired) electrons. The molecule has 2 aromatic rings. The summed E-state index contributed by atoms with van der Waals surface area (Å²) >= 11 is 0. The number of carbonyl (C=O) groups excluding carboxylic acids is 2. The summed E-state index contributed by atoms with van der Waals surface area (Å²) in [5, 5.41) is 2.83. The Morgan fingerprint density at radius 1 is 1.08 bits per heavy atom. The number of rotatable bonds is 5. The van der Waals surface area contributed by atoms with Gasteiger partial charge in [-0.25, -0.2) is 4.79 Å². The van der Waals surface area contributed by atoms with E-state index in [4.69, 9.17) is 4.74 Å². The molecular formula is C21H23N2O3+. The average Bonchev–Trinajstić information content (AvgIpc) is 2.69. The van der Waals surface area contributed by atoms with E-state index < -0.39 is 5.97 Å². The van der Waals surface area contributed by atoms with Gasteiger partial charge < -0.3 is 15.0 Å². The molecule has 0 bridgehead atoms. The van der Waals surface area contributed by atoms with Gasteiger partial charge in [0.25, 0.3) is 5.91 Å². The number of hydrogen-bond donors (Lipinski definition) is 2. The molecule has 1 heterocycles. The maximum atomic E-state index is 12.4. The van der Waals surface area contributed by atoms with Crippen molar-refractivity contribution in [3.63, 3.8) is 0 Å². The molecule has 3 rings (SSSR count). The lowest BCUT2D eigenvalue weighted by atomic mass is 10.00. The maximum absolute atomic E-state index is 12.4. The van der Waals surface area contributed by atoms with Crippen LogP contribution in [0.3, 0.4) is 0 Å². The molecular weight excluding hydrogens is 328 g/mol. The van der Waals surface area contributed by atoms with E-state index in [1.165, 1.54) is 23.1 Å². The van der Waals surface area contributed by atoms with E-state index >= 15 is 0 Å². The van der Waals surface area contributed by atoms with Crippen LogP contribution in [-0.2, 0) is 9.53 Å². The van der Waals surface area contributed by atoms with E-state index in [1.54, 1.807) is 24.3 Å². The smallest absolute Gasteiger partial charge is 0.339 e. The lowest BCUT2D eigenvalue weighted by Gasteiger charge is -2.23. The number of hydrogen-bond acceptors (Lipinski definition) is 3. The monoisotopic (exact) mass is 351 g/mol. The zero-order valence-electron chi connectivity index (χ0n) is 14.8. The van der Waals surface area contributed by atoms with Gasteiger partial charge in [0.05, 0.1) is 31.5 Å². The summed E-state index contributed by atoms with van der Waals surface area (Å²) in [6.07, 6.45) is 3.16. The molecule has 0 saturated heterocycles. The quantitative estimate of drug-likeness (QED) is 0.808. The van der Waals surface area contributed by atoms with Crippen molar-refractivity contribution in [1.29, 1.82) is 0 Å². The first-order chi connectivity index (χ1) is 12.7. The Balaban J connectivity index is 1.59. The van der Waals surface area contributed by atoms with Gasteiger partial charge in [-0.3, -0.25) is 4.79 Å². The molecule has 5 heteroatoms. The van der Waals surface area contributed by atoms with Crippen molar-refractivity contribution in [1.82, 2.24) is 0 Å². The van der Waals surface area contributed by atoms with Gasteiger partial charge in [0.2, 0.25) is 0 Å². The zero-order chi connectivity index (χ0) is 18.4. The Hall–Kier alpha value is -2.92. The molecule has 0 saturated carbocycles. The van der Waals surface area contributed by atoms with Gasteiger partial charge >= 0.3 is 5.97 Å². The molecule has 2 aromatic carbocycles. The molecule has 0 aromatic heterocycles. The largest absolute Gasteiger partial charge is 0.465 e. The normalized spacial score (nSPS) is 16.5. The SMILES string of the molecule is COC(=O)c1ccccc1NC(=O)C[NH+]1CC=C(c2ccccc2)CC1. The van der Waals surface area contributed by atoms with E-state index in [2.05, 4.69) is 23.5 Å². The fourth-order valence-corrected chi connectivity index (χ4v) is 3.16. The third-order valence-electron chi connectivity index (χ3n) is 4.55. The summed E-state index contributed by atoms with van der Waals surface area (Å²) < 4.78 is 4.76. The van der Waals surface area contributed by atoms with E-state index in [1.807, 2.05) is 18.2 Å². The minimum atomic E-state index is -0.457. The lowest BCUT2D eigenvalue weighted by Crippen LogP contribution is -3.13. The molecule has 1 aliphatic heterocycles. The predicted octanol–water partition coefficient (Wildman–Crippen LogP) is 1.78. The molecule has 0 aliphatic carbocycles. The standard InChI is InChI=1S/C21H22N2O3/c1-26-21(25)18-9-5-6-10-19(18)22-20(24)15-23-13-11-17(12-14-23)16-7-3-2-4-8-16/h2-11H,12-15H2,1H3,(H,22,24)/p+1. The number of para-hydroxylation sites is 1. The number of esters is 1. The lowest BCUT2D eigenvalue weighted by molar-refractivity contribution is -0.886. The molecule has 26 heavy (non-hydrogen) atoms. The first-order valence-corrected chi connectivity index (χ1v) is 8.72. The molecule has 0 fully saturated rings. The second-order valence-corrected chi connectivity index (χ2v) is 6.31. The number of nitrogens with one attached hydrogen (secondary N) is 2. The van der Waals surface area contributed by atoms with Crippen molar-refractivity contribution in [2.45, 2.75) is 6.42 Å². The Kier molecular flexibility index (Phi) is 5.81. The molecule has 1 amide bonds. The predicted molar refractivity (Wildman–Crippen MR) is 101 cm³/mol. The van der Waals surface area contributed by atoms with Crippen LogP contribution in [0.25, 0.3) is 5.57 Å². The summed E-state index contributed by atoms with van der Waals surface area (Å²) in [7, 11) is 1.33. The van der Waals surface area contributed by atoms with Crippen molar-refractivity contribution in [2.75, 3.05) is 32.1 Å². The topological polar surface area (TPSA) is 59.8 Å². The van der Waals surface area contributed by atoms with E-state index in [0.717, 1.165) is 19.5 Å². The van der Waals surface area contributed by atoms with Crippen LogP contribution >= 0.6 is 0 Å². The third kappa shape index (κ3) is 4.37. The number of anilines is 1. The van der Waals surface area contributed by atoms with Gasteiger partial charge in [0.15, 0.2) is 6.54 Å². The summed E-state index contributed by atoms with van der Waals surface area (Å²) in [5.41, 5.74) is 3.44. The fourth-order valence-electron chi connectivity index (χ4n) is 3.16. The van der Waals surface area contributed by atoms with Crippen molar-refractivity contribution < 1.29 is 19.2 Å². The number of carbonyl (C=O) groups is 2. The summed E-state index contributed by atoms with van der Waals surface area (Å²) in [5.74, 6) is -0.561. The van der Waals surface area contributed by atoms with Gasteiger partial charge in [-0.1, -0.05) is 42.5 Å². The Morgan fingerprint density at radius 2 is 1.81 bits per heavy atom. The van der Waals surface area contributed by atoms with Crippen LogP contribution in [0.15, 0.2) is 60.7 Å². The summed E-state index contributed by atoms with van der Waals surface area (Å²) in [4.78, 5) is 25.4. The highest BCUT2D eigenvalue weighted by Crippen LogP contribution is 2.18. The summed E-state index contributed by atoms with van der Waals surface area (Å²) in [6, 6.07) is 17.2. The number of benzene rings is 2. The summed E-state index contributed by atoms with van der Waals surface area (Å²) in [6.45, 7) is 2.09. The van der Waals surface area contributed by atoms with Crippen molar-refractivity contribution >= 4 is 23.1 Å². The second-order valence-electron chi connectivity index (χ2n) is 6.31. The highest BCUT2D eigenvalue weighted by molar-refractivity contribution is 6.01. The molecule has 2 N–H and O–H groups in total. The van der Waals surface area contributed by atoms with Gasteiger partial charge in [-0.05, 0) is 29.3 Å². The highest BCUT2D eigenvalue weighted by Gasteiger charge is 2.20. The molecule has 0 spiro atoms. The Bertz CT molecular complexity index is 815. The number of quaternary nitrogens is 1. The highest BCUT2D eigenvalue weighted by atomic mass is 16.5. The van der Waals surface area contributed by atoms with E-state index in [9.17, 15) is 9.59 Å². The maximum Gasteiger partial charge on any atom is 0.339 e. The van der Waals surface area contributed by atoms with E-state index in [-0.39, 0.29) is 5.91 Å².